The molecular formula is C18H15N5O. The average molecular weight is 317 g/mol. The number of rotatable bonds is 2. The Labute approximate surface area is 137 Å². The lowest BCUT2D eigenvalue weighted by Crippen LogP contribution is -2.20. The SMILES string of the molecule is Cn1cc2c(n1)c(=O)n(-c1cccnc1)c1nc(C3CC3)ccc21. The van der Waals surface area contributed by atoms with Crippen LogP contribution in [0.5, 0.6) is 0 Å². The number of aryl methyl sites for hydroxylation is 1. The van der Waals surface area contributed by atoms with E-state index in [1.54, 1.807) is 21.6 Å². The highest BCUT2D eigenvalue weighted by molar-refractivity contribution is 6.03. The third-order valence-corrected chi connectivity index (χ3v) is 4.53. The molecule has 4 aromatic heterocycles. The zero-order chi connectivity index (χ0) is 16.3. The predicted octanol–water partition coefficient (Wildman–Crippen LogP) is 2.54. The average Bonchev–Trinajstić information content (AvgIpc) is 3.37. The van der Waals surface area contributed by atoms with Crippen LogP contribution in [0.2, 0.25) is 0 Å². The maximum Gasteiger partial charge on any atom is 0.285 e. The van der Waals surface area contributed by atoms with Crippen molar-refractivity contribution < 1.29 is 0 Å². The summed E-state index contributed by atoms with van der Waals surface area (Å²) in [6, 6.07) is 7.83. The maximum atomic E-state index is 13.1. The Hall–Kier alpha value is -3.02. The van der Waals surface area contributed by atoms with Crippen molar-refractivity contribution in [3.63, 3.8) is 0 Å². The fourth-order valence-corrected chi connectivity index (χ4v) is 3.22. The zero-order valence-electron chi connectivity index (χ0n) is 13.2. The van der Waals surface area contributed by atoms with Crippen molar-refractivity contribution in [2.24, 2.45) is 7.05 Å². The number of aromatic nitrogens is 5. The molecule has 0 saturated heterocycles. The van der Waals surface area contributed by atoms with Crippen LogP contribution in [0, 0.1) is 0 Å². The summed E-state index contributed by atoms with van der Waals surface area (Å²) >= 11 is 0. The first-order valence-corrected chi connectivity index (χ1v) is 8.02. The highest BCUT2D eigenvalue weighted by Gasteiger charge is 2.26. The van der Waals surface area contributed by atoms with Crippen LogP contribution in [0.15, 0.2) is 47.7 Å². The number of hydrogen-bond donors (Lipinski definition) is 0. The van der Waals surface area contributed by atoms with Crippen LogP contribution >= 0.6 is 0 Å². The van der Waals surface area contributed by atoms with Gasteiger partial charge in [0.2, 0.25) is 0 Å². The molecule has 6 nitrogen and oxygen atoms in total. The van der Waals surface area contributed by atoms with Gasteiger partial charge in [0.25, 0.3) is 5.56 Å². The largest absolute Gasteiger partial charge is 0.285 e. The minimum Gasteiger partial charge on any atom is -0.274 e. The Morgan fingerprint density at radius 3 is 2.79 bits per heavy atom. The molecule has 4 aromatic rings. The van der Waals surface area contributed by atoms with E-state index in [0.717, 1.165) is 16.5 Å². The minimum absolute atomic E-state index is 0.161. The second-order valence-electron chi connectivity index (χ2n) is 6.30. The summed E-state index contributed by atoms with van der Waals surface area (Å²) in [4.78, 5) is 22.1. The van der Waals surface area contributed by atoms with Crippen LogP contribution in [0.3, 0.4) is 0 Å². The predicted molar refractivity (Wildman–Crippen MR) is 91.4 cm³/mol. The fourth-order valence-electron chi connectivity index (χ4n) is 3.22. The van der Waals surface area contributed by atoms with Gasteiger partial charge in [0.1, 0.15) is 5.65 Å². The van der Waals surface area contributed by atoms with Crippen molar-refractivity contribution in [2.75, 3.05) is 0 Å². The quantitative estimate of drug-likeness (QED) is 0.570. The third-order valence-electron chi connectivity index (χ3n) is 4.53. The number of hydrogen-bond acceptors (Lipinski definition) is 4. The first kappa shape index (κ1) is 13.4. The molecule has 0 bridgehead atoms. The lowest BCUT2D eigenvalue weighted by molar-refractivity contribution is 0.777. The molecule has 0 N–H and O–H groups in total. The summed E-state index contributed by atoms with van der Waals surface area (Å²) in [7, 11) is 1.83. The molecule has 0 unspecified atom stereocenters. The molecule has 118 valence electrons. The van der Waals surface area contributed by atoms with Crippen LogP contribution < -0.4 is 5.56 Å². The second kappa shape index (κ2) is 4.74. The Morgan fingerprint density at radius 1 is 1.17 bits per heavy atom. The first-order valence-electron chi connectivity index (χ1n) is 8.02. The molecule has 0 spiro atoms. The van der Waals surface area contributed by atoms with Crippen molar-refractivity contribution in [2.45, 2.75) is 18.8 Å². The van der Waals surface area contributed by atoms with Gasteiger partial charge in [0.15, 0.2) is 5.52 Å². The lowest BCUT2D eigenvalue weighted by Gasteiger charge is -2.11. The molecule has 1 aliphatic carbocycles. The van der Waals surface area contributed by atoms with Crippen molar-refractivity contribution in [1.82, 2.24) is 24.3 Å². The summed E-state index contributed by atoms with van der Waals surface area (Å²) in [6.45, 7) is 0. The molecule has 24 heavy (non-hydrogen) atoms. The van der Waals surface area contributed by atoms with Gasteiger partial charge in [-0.05, 0) is 37.1 Å². The molecule has 4 heterocycles. The molecule has 5 rings (SSSR count). The lowest BCUT2D eigenvalue weighted by atomic mass is 10.1. The van der Waals surface area contributed by atoms with Gasteiger partial charge in [-0.1, -0.05) is 0 Å². The smallest absolute Gasteiger partial charge is 0.274 e. The Balaban J connectivity index is 1.97. The van der Waals surface area contributed by atoms with Gasteiger partial charge in [-0.3, -0.25) is 19.0 Å². The van der Waals surface area contributed by atoms with Crippen molar-refractivity contribution in [3.8, 4) is 5.69 Å². The second-order valence-corrected chi connectivity index (χ2v) is 6.30. The summed E-state index contributed by atoms with van der Waals surface area (Å²) in [6.07, 6.45) is 7.60. The van der Waals surface area contributed by atoms with Crippen LogP contribution in [0.25, 0.3) is 27.6 Å². The van der Waals surface area contributed by atoms with Crippen LogP contribution in [-0.4, -0.2) is 24.3 Å². The van der Waals surface area contributed by atoms with E-state index >= 15 is 0 Å². The van der Waals surface area contributed by atoms with E-state index < -0.39 is 0 Å². The molecule has 0 aromatic carbocycles. The molecule has 0 radical (unpaired) electrons. The van der Waals surface area contributed by atoms with Gasteiger partial charge in [0.05, 0.1) is 11.9 Å². The van der Waals surface area contributed by atoms with E-state index in [9.17, 15) is 4.79 Å². The topological polar surface area (TPSA) is 65.6 Å². The van der Waals surface area contributed by atoms with Crippen molar-refractivity contribution in [1.29, 1.82) is 0 Å². The molecule has 0 amide bonds. The van der Waals surface area contributed by atoms with E-state index in [0.29, 0.717) is 22.8 Å². The van der Waals surface area contributed by atoms with E-state index in [1.807, 2.05) is 25.4 Å². The Kier molecular flexibility index (Phi) is 2.65. The van der Waals surface area contributed by atoms with Crippen LogP contribution in [-0.2, 0) is 7.05 Å². The monoisotopic (exact) mass is 317 g/mol. The Morgan fingerprint density at radius 2 is 2.04 bits per heavy atom. The normalized spacial score (nSPS) is 14.5. The zero-order valence-corrected chi connectivity index (χ0v) is 13.2. The number of pyridine rings is 3. The number of nitrogens with zero attached hydrogens (tertiary/aromatic N) is 5. The summed E-state index contributed by atoms with van der Waals surface area (Å²) in [5.41, 5.74) is 2.74. The number of fused-ring (bicyclic) bond motifs is 3. The van der Waals surface area contributed by atoms with E-state index in [4.69, 9.17) is 4.98 Å². The molecule has 1 fully saturated rings. The van der Waals surface area contributed by atoms with Gasteiger partial charge < -0.3 is 0 Å². The Bertz CT molecular complexity index is 1140. The molecule has 0 atom stereocenters. The summed E-state index contributed by atoms with van der Waals surface area (Å²) in [5, 5.41) is 6.13. The highest BCUT2D eigenvalue weighted by Crippen LogP contribution is 2.39. The van der Waals surface area contributed by atoms with E-state index in [1.165, 1.54) is 12.8 Å². The van der Waals surface area contributed by atoms with Crippen LogP contribution in [0.4, 0.5) is 0 Å². The van der Waals surface area contributed by atoms with Gasteiger partial charge in [-0.15, -0.1) is 0 Å². The van der Waals surface area contributed by atoms with Gasteiger partial charge in [-0.2, -0.15) is 5.10 Å². The highest BCUT2D eigenvalue weighted by atomic mass is 16.1. The van der Waals surface area contributed by atoms with Crippen molar-refractivity contribution >= 4 is 21.9 Å². The molecule has 0 aliphatic heterocycles. The van der Waals surface area contributed by atoms with Gasteiger partial charge in [0, 0.05) is 41.8 Å². The standard InChI is InChI=1S/C18H15N5O/c1-22-10-14-13-6-7-15(11-4-5-11)20-17(13)23(18(24)16(14)21-22)12-3-2-8-19-9-12/h2-3,6-11H,4-5H2,1H3. The molecule has 6 heteroatoms. The molecule has 1 saturated carbocycles. The molecular weight excluding hydrogens is 302 g/mol. The fraction of sp³-hybridized carbons (Fsp3) is 0.222. The summed E-state index contributed by atoms with van der Waals surface area (Å²) in [5.74, 6) is 0.524. The minimum atomic E-state index is -0.161. The van der Waals surface area contributed by atoms with E-state index in [2.05, 4.69) is 22.2 Å². The first-order chi connectivity index (χ1) is 11.7. The van der Waals surface area contributed by atoms with E-state index in [-0.39, 0.29) is 5.56 Å². The third kappa shape index (κ3) is 1.89. The van der Waals surface area contributed by atoms with Gasteiger partial charge in [-0.25, -0.2) is 4.98 Å². The van der Waals surface area contributed by atoms with Crippen LogP contribution in [0.1, 0.15) is 24.5 Å². The molecule has 1 aliphatic rings. The summed E-state index contributed by atoms with van der Waals surface area (Å²) < 4.78 is 3.30. The van der Waals surface area contributed by atoms with Crippen molar-refractivity contribution in [3.05, 3.63) is 58.9 Å². The van der Waals surface area contributed by atoms with Gasteiger partial charge >= 0.3 is 0 Å². The maximum absolute atomic E-state index is 13.1.